The van der Waals surface area contributed by atoms with Gasteiger partial charge in [0, 0.05) is 18.2 Å². The molecule has 2 rings (SSSR count). The van der Waals surface area contributed by atoms with Gasteiger partial charge in [-0.25, -0.2) is 0 Å². The standard InChI is InChI=1S/C16H21N3O4/c1-10(2)19-8-7-13(16(19)22)18-15(21)11-3-5-12(6-4-11)23-9-14(17)20/h3-6,10,13H,7-9H2,1-2H3,(H2,17,20)(H,18,21). The normalized spacial score (nSPS) is 17.4. The number of likely N-dealkylation sites (tertiary alicyclic amines) is 1. The zero-order valence-electron chi connectivity index (χ0n) is 13.2. The van der Waals surface area contributed by atoms with Crippen LogP contribution < -0.4 is 15.8 Å². The van der Waals surface area contributed by atoms with Crippen molar-refractivity contribution < 1.29 is 19.1 Å². The molecule has 0 radical (unpaired) electrons. The number of carbonyl (C=O) groups is 3. The summed E-state index contributed by atoms with van der Waals surface area (Å²) < 4.78 is 5.13. The maximum atomic E-state index is 12.2. The highest BCUT2D eigenvalue weighted by Crippen LogP contribution is 2.16. The molecule has 0 aliphatic carbocycles. The van der Waals surface area contributed by atoms with Crippen LogP contribution in [0.5, 0.6) is 5.75 Å². The molecule has 0 spiro atoms. The average molecular weight is 319 g/mol. The van der Waals surface area contributed by atoms with Crippen LogP contribution in [-0.4, -0.2) is 47.9 Å². The molecule has 1 fully saturated rings. The van der Waals surface area contributed by atoms with E-state index >= 15 is 0 Å². The number of benzene rings is 1. The number of nitrogens with zero attached hydrogens (tertiary/aromatic N) is 1. The first-order chi connectivity index (χ1) is 10.9. The topological polar surface area (TPSA) is 102 Å². The number of primary amides is 1. The zero-order chi connectivity index (χ0) is 17.0. The minimum absolute atomic E-state index is 0.0465. The predicted octanol–water partition coefficient (Wildman–Crippen LogP) is 0.290. The van der Waals surface area contributed by atoms with E-state index < -0.39 is 11.9 Å². The average Bonchev–Trinajstić information content (AvgIpc) is 2.87. The molecule has 23 heavy (non-hydrogen) atoms. The van der Waals surface area contributed by atoms with Crippen molar-refractivity contribution in [3.63, 3.8) is 0 Å². The minimum Gasteiger partial charge on any atom is -0.484 e. The second-order valence-corrected chi connectivity index (χ2v) is 5.72. The van der Waals surface area contributed by atoms with Crippen molar-refractivity contribution in [2.24, 2.45) is 5.73 Å². The van der Waals surface area contributed by atoms with Gasteiger partial charge in [-0.3, -0.25) is 14.4 Å². The molecule has 1 saturated heterocycles. The molecule has 1 atom stereocenters. The maximum absolute atomic E-state index is 12.2. The Kier molecular flexibility index (Phi) is 5.20. The van der Waals surface area contributed by atoms with Crippen molar-refractivity contribution in [2.45, 2.75) is 32.4 Å². The smallest absolute Gasteiger partial charge is 0.255 e. The van der Waals surface area contributed by atoms with Gasteiger partial charge in [0.1, 0.15) is 11.8 Å². The summed E-state index contributed by atoms with van der Waals surface area (Å²) in [6.45, 7) is 4.34. The lowest BCUT2D eigenvalue weighted by Crippen LogP contribution is -2.43. The van der Waals surface area contributed by atoms with E-state index in [9.17, 15) is 14.4 Å². The summed E-state index contributed by atoms with van der Waals surface area (Å²) in [6.07, 6.45) is 0.614. The van der Waals surface area contributed by atoms with Crippen LogP contribution in [0.15, 0.2) is 24.3 Å². The number of rotatable bonds is 6. The van der Waals surface area contributed by atoms with Gasteiger partial charge in [0.05, 0.1) is 0 Å². The first-order valence-electron chi connectivity index (χ1n) is 7.51. The molecule has 1 aromatic rings. The third kappa shape index (κ3) is 4.21. The number of hydrogen-bond donors (Lipinski definition) is 2. The molecule has 1 aliphatic heterocycles. The van der Waals surface area contributed by atoms with Crippen molar-refractivity contribution in [1.29, 1.82) is 0 Å². The molecule has 3 N–H and O–H groups in total. The van der Waals surface area contributed by atoms with E-state index in [0.717, 1.165) is 0 Å². The van der Waals surface area contributed by atoms with Crippen molar-refractivity contribution in [1.82, 2.24) is 10.2 Å². The summed E-state index contributed by atoms with van der Waals surface area (Å²) >= 11 is 0. The number of ether oxygens (including phenoxy) is 1. The van der Waals surface area contributed by atoms with E-state index in [2.05, 4.69) is 5.32 Å². The van der Waals surface area contributed by atoms with Gasteiger partial charge in [0.2, 0.25) is 5.91 Å². The van der Waals surface area contributed by atoms with Crippen molar-refractivity contribution in [3.8, 4) is 5.75 Å². The Morgan fingerprint density at radius 2 is 2.00 bits per heavy atom. The third-order valence-corrected chi connectivity index (χ3v) is 3.67. The molecular formula is C16H21N3O4. The molecule has 3 amide bonds. The summed E-state index contributed by atoms with van der Waals surface area (Å²) in [5.41, 5.74) is 5.41. The third-order valence-electron chi connectivity index (χ3n) is 3.67. The molecule has 0 bridgehead atoms. The molecule has 124 valence electrons. The lowest BCUT2D eigenvalue weighted by Gasteiger charge is -2.21. The summed E-state index contributed by atoms with van der Waals surface area (Å²) in [6, 6.07) is 5.96. The predicted molar refractivity (Wildman–Crippen MR) is 83.9 cm³/mol. The minimum atomic E-state index is -0.568. The summed E-state index contributed by atoms with van der Waals surface area (Å²) in [4.78, 5) is 36.8. The van der Waals surface area contributed by atoms with Crippen molar-refractivity contribution >= 4 is 17.7 Å². The fraction of sp³-hybridized carbons (Fsp3) is 0.438. The molecule has 1 unspecified atom stereocenters. The summed E-state index contributed by atoms with van der Waals surface area (Å²) in [5, 5.41) is 2.75. The van der Waals surface area contributed by atoms with E-state index in [1.54, 1.807) is 29.2 Å². The highest BCUT2D eigenvalue weighted by molar-refractivity contribution is 5.98. The van der Waals surface area contributed by atoms with Crippen LogP contribution in [0.1, 0.15) is 30.6 Å². The highest BCUT2D eigenvalue weighted by atomic mass is 16.5. The fourth-order valence-electron chi connectivity index (χ4n) is 2.45. The molecule has 7 heteroatoms. The molecular weight excluding hydrogens is 298 g/mol. The van der Waals surface area contributed by atoms with E-state index in [1.165, 1.54) is 0 Å². The SMILES string of the molecule is CC(C)N1CCC(NC(=O)c2ccc(OCC(N)=O)cc2)C1=O. The number of carbonyl (C=O) groups excluding carboxylic acids is 3. The molecule has 1 heterocycles. The van der Waals surface area contributed by atoms with Crippen LogP contribution in [0.2, 0.25) is 0 Å². The number of amides is 3. The molecule has 0 aromatic heterocycles. The second kappa shape index (κ2) is 7.13. The van der Waals surface area contributed by atoms with Gasteiger partial charge in [-0.1, -0.05) is 0 Å². The lowest BCUT2D eigenvalue weighted by molar-refractivity contribution is -0.130. The van der Waals surface area contributed by atoms with Gasteiger partial charge in [-0.05, 0) is 44.5 Å². The molecule has 0 saturated carbocycles. The van der Waals surface area contributed by atoms with Crippen LogP contribution in [0.4, 0.5) is 0 Å². The Hall–Kier alpha value is -2.57. The number of nitrogens with one attached hydrogen (secondary N) is 1. The van der Waals surface area contributed by atoms with Crippen LogP contribution >= 0.6 is 0 Å². The summed E-state index contributed by atoms with van der Waals surface area (Å²) in [5.74, 6) is -0.477. The van der Waals surface area contributed by atoms with Crippen LogP contribution in [0.3, 0.4) is 0 Å². The second-order valence-electron chi connectivity index (χ2n) is 5.72. The van der Waals surface area contributed by atoms with E-state index in [-0.39, 0.29) is 24.5 Å². The highest BCUT2D eigenvalue weighted by Gasteiger charge is 2.34. The monoisotopic (exact) mass is 319 g/mol. The van der Waals surface area contributed by atoms with Gasteiger partial charge in [0.15, 0.2) is 6.61 Å². The Balaban J connectivity index is 1.93. The molecule has 1 aromatic carbocycles. The quantitative estimate of drug-likeness (QED) is 0.787. The number of nitrogens with two attached hydrogens (primary N) is 1. The van der Waals surface area contributed by atoms with E-state index in [4.69, 9.17) is 10.5 Å². The fourth-order valence-corrected chi connectivity index (χ4v) is 2.45. The van der Waals surface area contributed by atoms with Gasteiger partial charge >= 0.3 is 0 Å². The Bertz CT molecular complexity index is 598. The van der Waals surface area contributed by atoms with Crippen LogP contribution in [0.25, 0.3) is 0 Å². The van der Waals surface area contributed by atoms with E-state index in [0.29, 0.717) is 24.3 Å². The Morgan fingerprint density at radius 1 is 1.35 bits per heavy atom. The Labute approximate surface area is 134 Å². The van der Waals surface area contributed by atoms with Gasteiger partial charge < -0.3 is 20.7 Å². The molecule has 1 aliphatic rings. The maximum Gasteiger partial charge on any atom is 0.255 e. The number of hydrogen-bond acceptors (Lipinski definition) is 4. The van der Waals surface area contributed by atoms with Crippen LogP contribution in [-0.2, 0) is 9.59 Å². The van der Waals surface area contributed by atoms with Gasteiger partial charge in [-0.2, -0.15) is 0 Å². The first kappa shape index (κ1) is 16.8. The van der Waals surface area contributed by atoms with Crippen molar-refractivity contribution in [2.75, 3.05) is 13.2 Å². The zero-order valence-corrected chi connectivity index (χ0v) is 13.2. The first-order valence-corrected chi connectivity index (χ1v) is 7.51. The van der Waals surface area contributed by atoms with Crippen molar-refractivity contribution in [3.05, 3.63) is 29.8 Å². The van der Waals surface area contributed by atoms with Gasteiger partial charge in [0.25, 0.3) is 11.8 Å². The lowest BCUT2D eigenvalue weighted by atomic mass is 10.1. The van der Waals surface area contributed by atoms with E-state index in [1.807, 2.05) is 13.8 Å². The Morgan fingerprint density at radius 3 is 2.52 bits per heavy atom. The largest absolute Gasteiger partial charge is 0.484 e. The summed E-state index contributed by atoms with van der Waals surface area (Å²) in [7, 11) is 0. The van der Waals surface area contributed by atoms with Crippen LogP contribution in [0, 0.1) is 0 Å². The molecule has 7 nitrogen and oxygen atoms in total. The van der Waals surface area contributed by atoms with Gasteiger partial charge in [-0.15, -0.1) is 0 Å².